The van der Waals surface area contributed by atoms with Gasteiger partial charge in [0.25, 0.3) is 0 Å². The first-order chi connectivity index (χ1) is 6.24. The van der Waals surface area contributed by atoms with Crippen molar-refractivity contribution in [2.24, 2.45) is 0 Å². The molecule has 0 spiro atoms. The van der Waals surface area contributed by atoms with Crippen LogP contribution in [0.5, 0.6) is 0 Å². The Balaban J connectivity index is 2.36. The monoisotopic (exact) mass is 183 g/mol. The summed E-state index contributed by atoms with van der Waals surface area (Å²) < 4.78 is 0. The maximum absolute atomic E-state index is 10.8. The van der Waals surface area contributed by atoms with Gasteiger partial charge in [-0.05, 0) is 19.3 Å². The van der Waals surface area contributed by atoms with E-state index < -0.39 is 12.0 Å². The molecule has 0 bridgehead atoms. The van der Waals surface area contributed by atoms with Crippen LogP contribution in [0.15, 0.2) is 12.7 Å². The molecule has 0 aromatic carbocycles. The Morgan fingerprint density at radius 3 is 2.69 bits per heavy atom. The highest BCUT2D eigenvalue weighted by molar-refractivity contribution is 5.73. The first-order valence-corrected chi connectivity index (χ1v) is 4.83. The lowest BCUT2D eigenvalue weighted by Crippen LogP contribution is -2.41. The quantitative estimate of drug-likeness (QED) is 0.636. The lowest BCUT2D eigenvalue weighted by molar-refractivity contribution is -0.139. The van der Waals surface area contributed by atoms with Crippen LogP contribution in [-0.2, 0) is 4.79 Å². The van der Waals surface area contributed by atoms with Crippen LogP contribution in [0.4, 0.5) is 0 Å². The van der Waals surface area contributed by atoms with Crippen LogP contribution in [0, 0.1) is 0 Å². The molecule has 0 radical (unpaired) electrons. The van der Waals surface area contributed by atoms with Gasteiger partial charge in [-0.25, -0.2) is 0 Å². The van der Waals surface area contributed by atoms with Gasteiger partial charge < -0.3 is 10.4 Å². The number of carboxylic acid groups (broad SMARTS) is 1. The molecule has 0 aromatic heterocycles. The number of hydrogen-bond donors (Lipinski definition) is 2. The molecule has 3 heteroatoms. The zero-order valence-electron chi connectivity index (χ0n) is 7.83. The molecule has 1 atom stereocenters. The first kappa shape index (κ1) is 10.3. The summed E-state index contributed by atoms with van der Waals surface area (Å²) in [6, 6.07) is -0.0401. The summed E-state index contributed by atoms with van der Waals surface area (Å²) in [5.74, 6) is -0.771. The third kappa shape index (κ3) is 3.19. The molecule has 0 aliphatic heterocycles. The smallest absolute Gasteiger partial charge is 0.321 e. The molecule has 1 unspecified atom stereocenters. The molecule has 0 aromatic rings. The van der Waals surface area contributed by atoms with Crippen molar-refractivity contribution in [3.05, 3.63) is 12.7 Å². The highest BCUT2D eigenvalue weighted by Gasteiger charge is 2.22. The minimum atomic E-state index is -0.771. The van der Waals surface area contributed by atoms with Crippen LogP contribution in [0.1, 0.15) is 32.1 Å². The maximum atomic E-state index is 10.8. The second-order valence-electron chi connectivity index (χ2n) is 3.56. The number of nitrogens with one attached hydrogen (secondary N) is 1. The molecule has 13 heavy (non-hydrogen) atoms. The fraction of sp³-hybridized carbons (Fsp3) is 0.700. The molecule has 0 amide bonds. The highest BCUT2D eigenvalue weighted by Crippen LogP contribution is 2.18. The molecule has 0 saturated heterocycles. The molecular formula is C10H17NO2. The standard InChI is InChI=1S/C10H17NO2/c1-2-5-9(10(12)13)11-8-6-3-4-7-8/h2,8-9,11H,1,3-7H2,(H,12,13). The van der Waals surface area contributed by atoms with Crippen molar-refractivity contribution < 1.29 is 9.90 Å². The molecule has 0 heterocycles. The minimum Gasteiger partial charge on any atom is -0.480 e. The summed E-state index contributed by atoms with van der Waals surface area (Å²) in [7, 11) is 0. The summed E-state index contributed by atoms with van der Waals surface area (Å²) in [5.41, 5.74) is 0. The van der Waals surface area contributed by atoms with Crippen molar-refractivity contribution in [1.82, 2.24) is 5.32 Å². The SMILES string of the molecule is C=CCC(NC1CCCC1)C(=O)O. The van der Waals surface area contributed by atoms with E-state index >= 15 is 0 Å². The Labute approximate surface area is 78.8 Å². The summed E-state index contributed by atoms with van der Waals surface area (Å²) in [5, 5.41) is 12.0. The van der Waals surface area contributed by atoms with Crippen molar-refractivity contribution in [3.63, 3.8) is 0 Å². The van der Waals surface area contributed by atoms with Gasteiger partial charge in [-0.1, -0.05) is 18.9 Å². The predicted molar refractivity (Wildman–Crippen MR) is 51.6 cm³/mol. The van der Waals surface area contributed by atoms with E-state index in [1.54, 1.807) is 6.08 Å². The Hall–Kier alpha value is -0.830. The second kappa shape index (κ2) is 5.02. The average Bonchev–Trinajstić information content (AvgIpc) is 2.56. The van der Waals surface area contributed by atoms with E-state index in [0.717, 1.165) is 12.8 Å². The van der Waals surface area contributed by atoms with Gasteiger partial charge in [0, 0.05) is 6.04 Å². The van der Waals surface area contributed by atoms with Gasteiger partial charge in [0.15, 0.2) is 0 Å². The number of rotatable bonds is 5. The molecule has 1 rings (SSSR count). The third-order valence-electron chi connectivity index (χ3n) is 2.49. The highest BCUT2D eigenvalue weighted by atomic mass is 16.4. The van der Waals surface area contributed by atoms with Crippen molar-refractivity contribution in [1.29, 1.82) is 0 Å². The molecule has 1 aliphatic carbocycles. The fourth-order valence-electron chi connectivity index (χ4n) is 1.78. The Kier molecular flexibility index (Phi) is 3.96. The number of aliphatic carboxylic acids is 1. The summed E-state index contributed by atoms with van der Waals surface area (Å²) in [6.07, 6.45) is 6.82. The fourth-order valence-corrected chi connectivity index (χ4v) is 1.78. The molecule has 2 N–H and O–H groups in total. The van der Waals surface area contributed by atoms with Gasteiger partial charge in [-0.2, -0.15) is 0 Å². The summed E-state index contributed by atoms with van der Waals surface area (Å²) in [6.45, 7) is 3.55. The predicted octanol–water partition coefficient (Wildman–Crippen LogP) is 1.55. The van der Waals surface area contributed by atoms with Crippen molar-refractivity contribution in [3.8, 4) is 0 Å². The summed E-state index contributed by atoms with van der Waals surface area (Å²) in [4.78, 5) is 10.8. The van der Waals surface area contributed by atoms with Crippen LogP contribution in [0.25, 0.3) is 0 Å². The number of hydrogen-bond acceptors (Lipinski definition) is 2. The average molecular weight is 183 g/mol. The van der Waals surface area contributed by atoms with Crippen molar-refractivity contribution >= 4 is 5.97 Å². The largest absolute Gasteiger partial charge is 0.480 e. The molecule has 1 saturated carbocycles. The molecule has 1 aliphatic rings. The van der Waals surface area contributed by atoms with E-state index in [4.69, 9.17) is 5.11 Å². The van der Waals surface area contributed by atoms with E-state index in [1.165, 1.54) is 12.8 Å². The molecule has 74 valence electrons. The first-order valence-electron chi connectivity index (χ1n) is 4.83. The number of carboxylic acids is 1. The van der Waals surface area contributed by atoms with Gasteiger partial charge in [0.05, 0.1) is 0 Å². The van der Waals surface area contributed by atoms with E-state index in [9.17, 15) is 4.79 Å². The van der Waals surface area contributed by atoms with Crippen LogP contribution >= 0.6 is 0 Å². The molecule has 1 fully saturated rings. The maximum Gasteiger partial charge on any atom is 0.321 e. The molecule has 3 nitrogen and oxygen atoms in total. The Bertz CT molecular complexity index is 185. The van der Waals surface area contributed by atoms with E-state index in [2.05, 4.69) is 11.9 Å². The second-order valence-corrected chi connectivity index (χ2v) is 3.56. The van der Waals surface area contributed by atoms with Crippen molar-refractivity contribution in [2.45, 2.75) is 44.2 Å². The minimum absolute atomic E-state index is 0.404. The van der Waals surface area contributed by atoms with Crippen LogP contribution in [0.2, 0.25) is 0 Å². The van der Waals surface area contributed by atoms with Crippen LogP contribution in [0.3, 0.4) is 0 Å². The van der Waals surface area contributed by atoms with E-state index in [-0.39, 0.29) is 0 Å². The normalized spacial score (nSPS) is 20.0. The van der Waals surface area contributed by atoms with Crippen LogP contribution < -0.4 is 5.32 Å². The lowest BCUT2D eigenvalue weighted by atomic mass is 10.1. The van der Waals surface area contributed by atoms with Crippen molar-refractivity contribution in [2.75, 3.05) is 0 Å². The van der Waals surface area contributed by atoms with Gasteiger partial charge in [0.2, 0.25) is 0 Å². The van der Waals surface area contributed by atoms with E-state index in [0.29, 0.717) is 12.5 Å². The van der Waals surface area contributed by atoms with E-state index in [1.807, 2.05) is 0 Å². The van der Waals surface area contributed by atoms with Gasteiger partial charge >= 0.3 is 5.97 Å². The van der Waals surface area contributed by atoms with Gasteiger partial charge in [-0.3, -0.25) is 4.79 Å². The zero-order valence-corrected chi connectivity index (χ0v) is 7.83. The number of carbonyl (C=O) groups is 1. The topological polar surface area (TPSA) is 49.3 Å². The molecular weight excluding hydrogens is 166 g/mol. The zero-order chi connectivity index (χ0) is 9.68. The van der Waals surface area contributed by atoms with Crippen LogP contribution in [-0.4, -0.2) is 23.2 Å². The Morgan fingerprint density at radius 2 is 2.23 bits per heavy atom. The van der Waals surface area contributed by atoms with Gasteiger partial charge in [0.1, 0.15) is 6.04 Å². The third-order valence-corrected chi connectivity index (χ3v) is 2.49. The van der Waals surface area contributed by atoms with Gasteiger partial charge in [-0.15, -0.1) is 6.58 Å². The lowest BCUT2D eigenvalue weighted by Gasteiger charge is -2.17. The Morgan fingerprint density at radius 1 is 1.62 bits per heavy atom. The summed E-state index contributed by atoms with van der Waals surface area (Å²) >= 11 is 0.